The van der Waals surface area contributed by atoms with E-state index in [1.807, 2.05) is 4.90 Å². The molecule has 5 nitrogen and oxygen atoms in total. The Kier molecular flexibility index (Phi) is 6.51. The Morgan fingerprint density at radius 3 is 2.56 bits per heavy atom. The molecule has 1 aliphatic carbocycles. The topological polar surface area (TPSA) is 56.7 Å². The highest BCUT2D eigenvalue weighted by molar-refractivity contribution is 5.96. The molecular weight excluding hydrogens is 422 g/mol. The number of pyridine rings is 1. The van der Waals surface area contributed by atoms with Gasteiger partial charge in [0.25, 0.3) is 5.91 Å². The van der Waals surface area contributed by atoms with Crippen molar-refractivity contribution in [2.24, 2.45) is 0 Å². The van der Waals surface area contributed by atoms with Crippen LogP contribution >= 0.6 is 0 Å². The largest absolute Gasteiger partial charge is 0.391 e. The van der Waals surface area contributed by atoms with Crippen LogP contribution in [0.3, 0.4) is 0 Å². The zero-order valence-corrected chi connectivity index (χ0v) is 21.0. The Balaban J connectivity index is 1.30. The average molecular weight is 462 g/mol. The number of hydrogen-bond donors (Lipinski definition) is 1. The molecule has 34 heavy (non-hydrogen) atoms. The summed E-state index contributed by atoms with van der Waals surface area (Å²) in [5.41, 5.74) is 6.99. The van der Waals surface area contributed by atoms with E-state index in [0.717, 1.165) is 87.1 Å². The summed E-state index contributed by atoms with van der Waals surface area (Å²) in [5.74, 6) is 0.0618. The number of aliphatic hydroxyl groups is 1. The molecule has 2 aliphatic heterocycles. The number of benzene rings is 1. The van der Waals surface area contributed by atoms with Crippen molar-refractivity contribution >= 4 is 5.91 Å². The molecule has 0 spiro atoms. The monoisotopic (exact) mass is 461 g/mol. The lowest BCUT2D eigenvalue weighted by Gasteiger charge is -2.41. The number of aliphatic hydroxyl groups excluding tert-OH is 1. The van der Waals surface area contributed by atoms with E-state index < -0.39 is 6.10 Å². The number of nitrogens with zero attached hydrogens (tertiary/aromatic N) is 3. The lowest BCUT2D eigenvalue weighted by molar-refractivity contribution is 0.0160. The van der Waals surface area contributed by atoms with Gasteiger partial charge in [0.15, 0.2) is 0 Å². The molecule has 1 aromatic carbocycles. The van der Waals surface area contributed by atoms with Gasteiger partial charge in [0.05, 0.1) is 23.4 Å². The number of aryl methyl sites for hydroxylation is 2. The van der Waals surface area contributed by atoms with E-state index in [9.17, 15) is 9.90 Å². The normalized spacial score (nSPS) is 25.3. The zero-order valence-electron chi connectivity index (χ0n) is 21.0. The van der Waals surface area contributed by atoms with Gasteiger partial charge in [-0.25, -0.2) is 0 Å². The first kappa shape index (κ1) is 23.5. The highest BCUT2D eigenvalue weighted by atomic mass is 16.3. The highest BCUT2D eigenvalue weighted by Gasteiger charge is 2.37. The van der Waals surface area contributed by atoms with E-state index in [-0.39, 0.29) is 17.4 Å². The number of carbonyl (C=O) groups excluding carboxylic acids is 1. The van der Waals surface area contributed by atoms with Crippen molar-refractivity contribution in [3.63, 3.8) is 0 Å². The summed E-state index contributed by atoms with van der Waals surface area (Å²) in [5, 5.41) is 10.5. The van der Waals surface area contributed by atoms with Crippen molar-refractivity contribution in [1.82, 2.24) is 14.8 Å². The second-order valence-electron chi connectivity index (χ2n) is 11.0. The standard InChI is InChI=1S/C29H39N3O2/c1-20-8-4-5-9-24(20)29(3)13-16-31(17-14-29)19-22-18-23-25(30-21(22)2)12-15-32(28(23)34)26-10-6-7-11-27(26)33/h4-5,8-9,18,26-27,33H,6-7,10-17,19H2,1-3H3/t26-,27-/m0/s1. The van der Waals surface area contributed by atoms with Gasteiger partial charge in [-0.05, 0) is 80.8 Å². The predicted molar refractivity (Wildman–Crippen MR) is 135 cm³/mol. The minimum Gasteiger partial charge on any atom is -0.391 e. The fourth-order valence-corrected chi connectivity index (χ4v) is 6.45. The molecule has 2 atom stereocenters. The second-order valence-corrected chi connectivity index (χ2v) is 11.0. The van der Waals surface area contributed by atoms with Crippen molar-refractivity contribution in [3.05, 3.63) is 64.0 Å². The number of likely N-dealkylation sites (tertiary alicyclic amines) is 1. The fraction of sp³-hybridized carbons (Fsp3) is 0.586. The van der Waals surface area contributed by atoms with Crippen molar-refractivity contribution in [1.29, 1.82) is 0 Å². The Morgan fingerprint density at radius 2 is 1.82 bits per heavy atom. The molecule has 2 aromatic rings. The van der Waals surface area contributed by atoms with Crippen LogP contribution in [0.1, 0.15) is 83.9 Å². The van der Waals surface area contributed by atoms with E-state index in [2.05, 4.69) is 56.0 Å². The molecule has 182 valence electrons. The van der Waals surface area contributed by atoms with Crippen molar-refractivity contribution < 1.29 is 9.90 Å². The van der Waals surface area contributed by atoms with Gasteiger partial charge in [-0.1, -0.05) is 44.0 Å². The molecule has 1 saturated carbocycles. The van der Waals surface area contributed by atoms with Crippen molar-refractivity contribution in [2.75, 3.05) is 19.6 Å². The van der Waals surface area contributed by atoms with Crippen LogP contribution in [0, 0.1) is 13.8 Å². The minimum absolute atomic E-state index is 0.0413. The molecule has 1 aromatic heterocycles. The van der Waals surface area contributed by atoms with Crippen LogP contribution in [0.2, 0.25) is 0 Å². The number of piperidine rings is 1. The number of carbonyl (C=O) groups is 1. The SMILES string of the molecule is Cc1ccccc1C1(C)CCN(Cc2cc3c(nc2C)CCN([C@H]2CCCC[C@@H]2O)C3=O)CC1. The zero-order chi connectivity index (χ0) is 23.9. The molecule has 1 N–H and O–H groups in total. The first-order valence-electron chi connectivity index (χ1n) is 13.1. The lowest BCUT2D eigenvalue weighted by atomic mass is 9.73. The molecule has 0 bridgehead atoms. The Labute approximate surface area is 204 Å². The smallest absolute Gasteiger partial charge is 0.256 e. The molecule has 0 unspecified atom stereocenters. The molecule has 3 aliphatic rings. The van der Waals surface area contributed by atoms with Crippen LogP contribution in [0.5, 0.6) is 0 Å². The minimum atomic E-state index is -0.395. The molecule has 0 radical (unpaired) electrons. The van der Waals surface area contributed by atoms with Crippen LogP contribution in [-0.2, 0) is 18.4 Å². The molecule has 5 rings (SSSR count). The summed E-state index contributed by atoms with van der Waals surface area (Å²) in [6, 6.07) is 10.9. The van der Waals surface area contributed by atoms with Crippen LogP contribution in [-0.4, -0.2) is 57.6 Å². The van der Waals surface area contributed by atoms with Crippen molar-refractivity contribution in [2.45, 2.75) is 89.8 Å². The van der Waals surface area contributed by atoms with Gasteiger partial charge >= 0.3 is 0 Å². The van der Waals surface area contributed by atoms with Crippen LogP contribution in [0.4, 0.5) is 0 Å². The summed E-state index contributed by atoms with van der Waals surface area (Å²) in [6.45, 7) is 10.3. The quantitative estimate of drug-likeness (QED) is 0.726. The van der Waals surface area contributed by atoms with Gasteiger partial charge in [0, 0.05) is 25.2 Å². The summed E-state index contributed by atoms with van der Waals surface area (Å²) < 4.78 is 0. The lowest BCUT2D eigenvalue weighted by Crippen LogP contribution is -2.51. The summed E-state index contributed by atoms with van der Waals surface area (Å²) in [7, 11) is 0. The molecular formula is C29H39N3O2. The number of amides is 1. The van der Waals surface area contributed by atoms with E-state index in [4.69, 9.17) is 4.98 Å². The fourth-order valence-electron chi connectivity index (χ4n) is 6.45. The van der Waals surface area contributed by atoms with Gasteiger partial charge in [0.2, 0.25) is 0 Å². The van der Waals surface area contributed by atoms with E-state index in [1.54, 1.807) is 0 Å². The summed E-state index contributed by atoms with van der Waals surface area (Å²) in [6.07, 6.45) is 6.52. The van der Waals surface area contributed by atoms with Crippen LogP contribution in [0.15, 0.2) is 30.3 Å². The van der Waals surface area contributed by atoms with Crippen LogP contribution < -0.4 is 0 Å². The summed E-state index contributed by atoms with van der Waals surface area (Å²) >= 11 is 0. The van der Waals surface area contributed by atoms with Gasteiger partial charge in [0.1, 0.15) is 0 Å². The highest BCUT2D eigenvalue weighted by Crippen LogP contribution is 2.37. The molecule has 1 amide bonds. The molecule has 3 heterocycles. The number of aromatic nitrogens is 1. The van der Waals surface area contributed by atoms with Crippen molar-refractivity contribution in [3.8, 4) is 0 Å². The third-order valence-corrected chi connectivity index (χ3v) is 8.72. The molecule has 1 saturated heterocycles. The maximum Gasteiger partial charge on any atom is 0.256 e. The average Bonchev–Trinajstić information content (AvgIpc) is 2.83. The molecule has 5 heteroatoms. The first-order valence-corrected chi connectivity index (χ1v) is 13.1. The van der Waals surface area contributed by atoms with E-state index >= 15 is 0 Å². The Bertz CT molecular complexity index is 1060. The van der Waals surface area contributed by atoms with Gasteiger partial charge in [-0.3, -0.25) is 14.7 Å². The Morgan fingerprint density at radius 1 is 1.09 bits per heavy atom. The first-order chi connectivity index (χ1) is 16.4. The van der Waals surface area contributed by atoms with E-state index in [0.29, 0.717) is 6.54 Å². The van der Waals surface area contributed by atoms with Gasteiger partial charge < -0.3 is 10.0 Å². The maximum atomic E-state index is 13.5. The third kappa shape index (κ3) is 4.40. The predicted octanol–water partition coefficient (Wildman–Crippen LogP) is 4.55. The maximum absolute atomic E-state index is 13.5. The number of fused-ring (bicyclic) bond motifs is 1. The van der Waals surface area contributed by atoms with Crippen LogP contribution in [0.25, 0.3) is 0 Å². The second kappa shape index (κ2) is 9.43. The molecule has 2 fully saturated rings. The van der Waals surface area contributed by atoms with Gasteiger partial charge in [-0.15, -0.1) is 0 Å². The summed E-state index contributed by atoms with van der Waals surface area (Å²) in [4.78, 5) is 22.8. The number of rotatable bonds is 4. The number of hydrogen-bond acceptors (Lipinski definition) is 4. The van der Waals surface area contributed by atoms with Gasteiger partial charge in [-0.2, -0.15) is 0 Å². The Hall–Kier alpha value is -2.24. The van der Waals surface area contributed by atoms with E-state index in [1.165, 1.54) is 11.1 Å². The third-order valence-electron chi connectivity index (χ3n) is 8.72.